The molecule has 2 N–H and O–H groups in total. The summed E-state index contributed by atoms with van der Waals surface area (Å²) in [6.45, 7) is 3.00. The van der Waals surface area contributed by atoms with E-state index in [4.69, 9.17) is 0 Å². The van der Waals surface area contributed by atoms with E-state index < -0.39 is 0 Å². The van der Waals surface area contributed by atoms with Gasteiger partial charge in [-0.15, -0.1) is 0 Å². The SMILES string of the molecule is CCc1cccnc1-c1ncc(CNC2CC2)[nH]1. The van der Waals surface area contributed by atoms with Gasteiger partial charge in [-0.3, -0.25) is 4.98 Å². The minimum absolute atomic E-state index is 0.720. The van der Waals surface area contributed by atoms with Crippen LogP contribution in [0.4, 0.5) is 0 Å². The highest BCUT2D eigenvalue weighted by Crippen LogP contribution is 2.20. The number of imidazole rings is 1. The molecule has 0 saturated heterocycles. The fourth-order valence-corrected chi connectivity index (χ4v) is 2.05. The van der Waals surface area contributed by atoms with Crippen LogP contribution in [0.15, 0.2) is 24.5 Å². The van der Waals surface area contributed by atoms with Crippen LogP contribution in [0.25, 0.3) is 11.5 Å². The van der Waals surface area contributed by atoms with Crippen LogP contribution in [0.5, 0.6) is 0 Å². The fraction of sp³-hybridized carbons (Fsp3) is 0.429. The van der Waals surface area contributed by atoms with Gasteiger partial charge in [0.25, 0.3) is 0 Å². The van der Waals surface area contributed by atoms with Crippen molar-refractivity contribution >= 4 is 0 Å². The maximum absolute atomic E-state index is 4.44. The number of hydrogen-bond donors (Lipinski definition) is 2. The van der Waals surface area contributed by atoms with Crippen molar-refractivity contribution in [1.82, 2.24) is 20.3 Å². The second-order valence-corrected chi connectivity index (χ2v) is 4.78. The van der Waals surface area contributed by atoms with E-state index in [1.807, 2.05) is 18.5 Å². The van der Waals surface area contributed by atoms with Crippen molar-refractivity contribution in [3.63, 3.8) is 0 Å². The Labute approximate surface area is 107 Å². The van der Waals surface area contributed by atoms with E-state index in [-0.39, 0.29) is 0 Å². The monoisotopic (exact) mass is 242 g/mol. The summed E-state index contributed by atoms with van der Waals surface area (Å²) in [6.07, 6.45) is 7.31. The zero-order chi connectivity index (χ0) is 12.4. The summed E-state index contributed by atoms with van der Waals surface area (Å²) in [7, 11) is 0. The quantitative estimate of drug-likeness (QED) is 0.845. The second kappa shape index (κ2) is 4.90. The third-order valence-corrected chi connectivity index (χ3v) is 3.28. The first kappa shape index (κ1) is 11.4. The molecule has 18 heavy (non-hydrogen) atoms. The lowest BCUT2D eigenvalue weighted by atomic mass is 10.1. The Balaban J connectivity index is 1.78. The fourth-order valence-electron chi connectivity index (χ4n) is 2.05. The molecule has 0 unspecified atom stereocenters. The van der Waals surface area contributed by atoms with Gasteiger partial charge in [0, 0.05) is 24.5 Å². The Morgan fingerprint density at radius 1 is 1.39 bits per heavy atom. The van der Waals surface area contributed by atoms with Crippen LogP contribution in [0.2, 0.25) is 0 Å². The normalized spacial score (nSPS) is 14.9. The summed E-state index contributed by atoms with van der Waals surface area (Å²) >= 11 is 0. The molecular formula is C14H18N4. The topological polar surface area (TPSA) is 53.6 Å². The number of aryl methyl sites for hydroxylation is 1. The van der Waals surface area contributed by atoms with Gasteiger partial charge >= 0.3 is 0 Å². The molecule has 0 aliphatic heterocycles. The number of aromatic amines is 1. The molecule has 2 heterocycles. The largest absolute Gasteiger partial charge is 0.339 e. The highest BCUT2D eigenvalue weighted by atomic mass is 15.0. The first-order valence-electron chi connectivity index (χ1n) is 6.58. The number of pyridine rings is 1. The van der Waals surface area contributed by atoms with E-state index in [9.17, 15) is 0 Å². The molecule has 2 aromatic rings. The Morgan fingerprint density at radius 2 is 2.28 bits per heavy atom. The average molecular weight is 242 g/mol. The maximum atomic E-state index is 4.44. The summed E-state index contributed by atoms with van der Waals surface area (Å²) in [5.74, 6) is 0.875. The molecule has 1 aliphatic rings. The van der Waals surface area contributed by atoms with Crippen LogP contribution >= 0.6 is 0 Å². The van der Waals surface area contributed by atoms with Crippen molar-refractivity contribution in [2.45, 2.75) is 38.8 Å². The molecule has 1 saturated carbocycles. The van der Waals surface area contributed by atoms with Crippen molar-refractivity contribution in [3.05, 3.63) is 35.8 Å². The van der Waals surface area contributed by atoms with E-state index in [0.29, 0.717) is 0 Å². The molecule has 2 aromatic heterocycles. The third kappa shape index (κ3) is 2.43. The first-order chi connectivity index (χ1) is 8.86. The van der Waals surface area contributed by atoms with Gasteiger partial charge in [0.1, 0.15) is 5.69 Å². The zero-order valence-electron chi connectivity index (χ0n) is 10.6. The van der Waals surface area contributed by atoms with Gasteiger partial charge in [-0.25, -0.2) is 4.98 Å². The standard InChI is InChI=1S/C14H18N4/c1-2-10-4-3-7-15-13(10)14-17-9-12(18-14)8-16-11-5-6-11/h3-4,7,9,11,16H,2,5-6,8H2,1H3,(H,17,18). The first-order valence-corrected chi connectivity index (χ1v) is 6.58. The van der Waals surface area contributed by atoms with Gasteiger partial charge in [0.2, 0.25) is 0 Å². The van der Waals surface area contributed by atoms with Gasteiger partial charge in [-0.05, 0) is 30.9 Å². The molecule has 0 bridgehead atoms. The summed E-state index contributed by atoms with van der Waals surface area (Å²) in [6, 6.07) is 4.80. The Morgan fingerprint density at radius 3 is 3.06 bits per heavy atom. The second-order valence-electron chi connectivity index (χ2n) is 4.78. The molecule has 0 spiro atoms. The van der Waals surface area contributed by atoms with E-state index in [1.165, 1.54) is 18.4 Å². The Bertz CT molecular complexity index is 528. The number of H-pyrrole nitrogens is 1. The summed E-state index contributed by atoms with van der Waals surface area (Å²) in [4.78, 5) is 12.2. The van der Waals surface area contributed by atoms with Crippen LogP contribution < -0.4 is 5.32 Å². The van der Waals surface area contributed by atoms with Crippen molar-refractivity contribution in [1.29, 1.82) is 0 Å². The van der Waals surface area contributed by atoms with Crippen molar-refractivity contribution in [2.24, 2.45) is 0 Å². The summed E-state index contributed by atoms with van der Waals surface area (Å²) < 4.78 is 0. The lowest BCUT2D eigenvalue weighted by Crippen LogP contribution is -2.15. The van der Waals surface area contributed by atoms with Crippen molar-refractivity contribution in [3.8, 4) is 11.5 Å². The molecule has 0 amide bonds. The molecule has 1 fully saturated rings. The molecular weight excluding hydrogens is 224 g/mol. The van der Waals surface area contributed by atoms with Crippen molar-refractivity contribution in [2.75, 3.05) is 0 Å². The van der Waals surface area contributed by atoms with Gasteiger partial charge in [0.15, 0.2) is 5.82 Å². The molecule has 4 heteroatoms. The minimum atomic E-state index is 0.720. The molecule has 0 radical (unpaired) electrons. The predicted octanol–water partition coefficient (Wildman–Crippen LogP) is 2.29. The van der Waals surface area contributed by atoms with Gasteiger partial charge in [-0.1, -0.05) is 13.0 Å². The smallest absolute Gasteiger partial charge is 0.156 e. The lowest BCUT2D eigenvalue weighted by molar-refractivity contribution is 0.677. The van der Waals surface area contributed by atoms with Crippen LogP contribution in [0.3, 0.4) is 0 Å². The number of nitrogens with one attached hydrogen (secondary N) is 2. The van der Waals surface area contributed by atoms with Gasteiger partial charge < -0.3 is 10.3 Å². The van der Waals surface area contributed by atoms with Crippen molar-refractivity contribution < 1.29 is 0 Å². The molecule has 94 valence electrons. The molecule has 0 aromatic carbocycles. The van der Waals surface area contributed by atoms with E-state index >= 15 is 0 Å². The van der Waals surface area contributed by atoms with E-state index in [1.54, 1.807) is 0 Å². The van der Waals surface area contributed by atoms with Crippen LogP contribution in [-0.4, -0.2) is 21.0 Å². The Hall–Kier alpha value is -1.68. The van der Waals surface area contributed by atoms with Gasteiger partial charge in [-0.2, -0.15) is 0 Å². The summed E-state index contributed by atoms with van der Waals surface area (Å²) in [5, 5.41) is 3.47. The molecule has 1 aliphatic carbocycles. The van der Waals surface area contributed by atoms with Gasteiger partial charge in [0.05, 0.1) is 6.20 Å². The lowest BCUT2D eigenvalue weighted by Gasteiger charge is -2.03. The highest BCUT2D eigenvalue weighted by molar-refractivity contribution is 5.54. The summed E-state index contributed by atoms with van der Waals surface area (Å²) in [5.41, 5.74) is 3.33. The number of nitrogens with zero attached hydrogens (tertiary/aromatic N) is 2. The van der Waals surface area contributed by atoms with E-state index in [2.05, 4.69) is 33.3 Å². The van der Waals surface area contributed by atoms with Crippen LogP contribution in [0.1, 0.15) is 31.0 Å². The van der Waals surface area contributed by atoms with E-state index in [0.717, 1.165) is 36.2 Å². The molecule has 4 nitrogen and oxygen atoms in total. The average Bonchev–Trinajstić information content (AvgIpc) is 3.13. The zero-order valence-corrected chi connectivity index (χ0v) is 10.6. The minimum Gasteiger partial charge on any atom is -0.339 e. The molecule has 3 rings (SSSR count). The number of aromatic nitrogens is 3. The predicted molar refractivity (Wildman–Crippen MR) is 71.1 cm³/mol. The third-order valence-electron chi connectivity index (χ3n) is 3.28. The highest BCUT2D eigenvalue weighted by Gasteiger charge is 2.20. The van der Waals surface area contributed by atoms with Crippen LogP contribution in [0, 0.1) is 0 Å². The van der Waals surface area contributed by atoms with Crippen LogP contribution in [-0.2, 0) is 13.0 Å². The number of hydrogen-bond acceptors (Lipinski definition) is 3. The number of rotatable bonds is 5. The maximum Gasteiger partial charge on any atom is 0.156 e. The Kier molecular flexibility index (Phi) is 3.11. The molecule has 0 atom stereocenters.